The SMILES string of the molecule is [C-]#[N+]C(=C/c1ccc(O)cc1)/C(=C\c1ccc(O)cc1)[N+]#[C-]. The minimum atomic E-state index is 0.145. The van der Waals surface area contributed by atoms with Crippen molar-refractivity contribution < 1.29 is 10.2 Å². The molecule has 2 aromatic carbocycles. The highest BCUT2D eigenvalue weighted by atomic mass is 16.3. The quantitative estimate of drug-likeness (QED) is 0.653. The summed E-state index contributed by atoms with van der Waals surface area (Å²) >= 11 is 0. The van der Waals surface area contributed by atoms with Gasteiger partial charge in [-0.2, -0.15) is 0 Å². The van der Waals surface area contributed by atoms with Crippen molar-refractivity contribution in [3.63, 3.8) is 0 Å². The number of rotatable bonds is 3. The molecule has 0 atom stereocenters. The lowest BCUT2D eigenvalue weighted by molar-refractivity contribution is 0.474. The van der Waals surface area contributed by atoms with Crippen LogP contribution in [0.2, 0.25) is 0 Å². The van der Waals surface area contributed by atoms with Gasteiger partial charge in [-0.05, 0) is 35.4 Å². The van der Waals surface area contributed by atoms with Crippen molar-refractivity contribution in [2.24, 2.45) is 0 Å². The van der Waals surface area contributed by atoms with Gasteiger partial charge in [-0.3, -0.25) is 9.69 Å². The van der Waals surface area contributed by atoms with Crippen LogP contribution in [-0.2, 0) is 0 Å². The average Bonchev–Trinajstić information content (AvgIpc) is 2.54. The Morgan fingerprint density at radius 2 is 1.00 bits per heavy atom. The Bertz CT molecular complexity index is 731. The molecule has 4 heteroatoms. The second-order valence-electron chi connectivity index (χ2n) is 4.47. The highest BCUT2D eigenvalue weighted by molar-refractivity contribution is 5.69. The summed E-state index contributed by atoms with van der Waals surface area (Å²) in [4.78, 5) is 6.82. The van der Waals surface area contributed by atoms with Crippen molar-refractivity contribution in [2.45, 2.75) is 0 Å². The summed E-state index contributed by atoms with van der Waals surface area (Å²) in [6, 6.07) is 12.8. The van der Waals surface area contributed by atoms with Crippen molar-refractivity contribution in [2.75, 3.05) is 0 Å². The summed E-state index contributed by atoms with van der Waals surface area (Å²) in [6.07, 6.45) is 3.19. The molecule has 0 fully saturated rings. The standard InChI is InChI=1S/C18H12N2O2/c1-19-17(11-13-3-7-15(21)8-4-13)18(20-2)12-14-5-9-16(22)10-6-14/h3-12,21-22H/b17-11+,18-12+. The van der Waals surface area contributed by atoms with E-state index in [0.717, 1.165) is 11.1 Å². The Balaban J connectivity index is 2.39. The van der Waals surface area contributed by atoms with E-state index < -0.39 is 0 Å². The molecule has 4 nitrogen and oxygen atoms in total. The molecule has 0 aliphatic carbocycles. The first kappa shape index (κ1) is 14.9. The molecule has 0 heterocycles. The van der Waals surface area contributed by atoms with Gasteiger partial charge in [-0.1, -0.05) is 36.4 Å². The average molecular weight is 288 g/mol. The zero-order valence-corrected chi connectivity index (χ0v) is 11.6. The molecule has 0 bridgehead atoms. The van der Waals surface area contributed by atoms with Crippen LogP contribution in [0.4, 0.5) is 0 Å². The largest absolute Gasteiger partial charge is 0.508 e. The highest BCUT2D eigenvalue weighted by Gasteiger charge is 2.06. The molecule has 0 spiro atoms. The van der Waals surface area contributed by atoms with Crippen LogP contribution in [0.1, 0.15) is 11.1 Å². The molecule has 0 radical (unpaired) electrons. The zero-order chi connectivity index (χ0) is 15.9. The molecule has 0 saturated carbocycles. The maximum atomic E-state index is 9.26. The minimum Gasteiger partial charge on any atom is -0.508 e. The van der Waals surface area contributed by atoms with Crippen LogP contribution in [0.25, 0.3) is 21.8 Å². The van der Waals surface area contributed by atoms with Gasteiger partial charge in [-0.15, -0.1) is 0 Å². The molecule has 2 aromatic rings. The first-order valence-corrected chi connectivity index (χ1v) is 6.39. The lowest BCUT2D eigenvalue weighted by atomic mass is 10.1. The number of hydrogen-bond acceptors (Lipinski definition) is 2. The predicted molar refractivity (Wildman–Crippen MR) is 85.4 cm³/mol. The van der Waals surface area contributed by atoms with E-state index in [1.807, 2.05) is 0 Å². The van der Waals surface area contributed by atoms with Crippen LogP contribution in [0.5, 0.6) is 11.5 Å². The van der Waals surface area contributed by atoms with Crippen LogP contribution in [-0.4, -0.2) is 10.2 Å². The summed E-state index contributed by atoms with van der Waals surface area (Å²) < 4.78 is 0. The summed E-state index contributed by atoms with van der Waals surface area (Å²) in [6.45, 7) is 14.5. The Kier molecular flexibility index (Phi) is 4.59. The molecule has 0 aliphatic rings. The van der Waals surface area contributed by atoms with Gasteiger partial charge in [0.15, 0.2) is 11.4 Å². The van der Waals surface area contributed by atoms with Gasteiger partial charge in [-0.25, -0.2) is 0 Å². The second kappa shape index (κ2) is 6.78. The predicted octanol–water partition coefficient (Wildman–Crippen LogP) is 4.32. The molecule has 2 N–H and O–H groups in total. The molecule has 2 rings (SSSR count). The van der Waals surface area contributed by atoms with E-state index in [1.54, 1.807) is 36.4 Å². The number of hydrogen-bond donors (Lipinski definition) is 2. The van der Waals surface area contributed by atoms with Gasteiger partial charge in [0.2, 0.25) is 0 Å². The number of phenols is 2. The fourth-order valence-electron chi connectivity index (χ4n) is 1.78. The highest BCUT2D eigenvalue weighted by Crippen LogP contribution is 2.22. The van der Waals surface area contributed by atoms with Crippen molar-refractivity contribution in [1.29, 1.82) is 0 Å². The monoisotopic (exact) mass is 288 g/mol. The van der Waals surface area contributed by atoms with Crippen molar-refractivity contribution >= 4 is 12.2 Å². The smallest absolute Gasteiger partial charge is 0.195 e. The van der Waals surface area contributed by atoms with Gasteiger partial charge >= 0.3 is 0 Å². The van der Waals surface area contributed by atoms with Crippen molar-refractivity contribution in [3.05, 3.63) is 93.9 Å². The van der Waals surface area contributed by atoms with Crippen LogP contribution in [0.15, 0.2) is 59.9 Å². The summed E-state index contributed by atoms with van der Waals surface area (Å²) in [5.41, 5.74) is 1.88. The lowest BCUT2D eigenvalue weighted by Crippen LogP contribution is -1.82. The third kappa shape index (κ3) is 3.75. The third-order valence-electron chi connectivity index (χ3n) is 2.90. The number of phenolic OH excluding ortho intramolecular Hbond substituents is 2. The molecule has 0 amide bonds. The number of aromatic hydroxyl groups is 2. The number of nitrogens with zero attached hydrogens (tertiary/aromatic N) is 2. The fraction of sp³-hybridized carbons (Fsp3) is 0. The molecule has 0 aliphatic heterocycles. The van der Waals surface area contributed by atoms with E-state index in [1.165, 1.54) is 24.3 Å². The van der Waals surface area contributed by atoms with Gasteiger partial charge in [0.05, 0.1) is 13.1 Å². The number of benzene rings is 2. The Labute approximate surface area is 128 Å². The van der Waals surface area contributed by atoms with E-state index >= 15 is 0 Å². The zero-order valence-electron chi connectivity index (χ0n) is 11.6. The summed E-state index contributed by atoms with van der Waals surface area (Å²) in [5, 5.41) is 18.5. The molecular weight excluding hydrogens is 276 g/mol. The van der Waals surface area contributed by atoms with Crippen LogP contribution in [0.3, 0.4) is 0 Å². The fourth-order valence-corrected chi connectivity index (χ4v) is 1.78. The maximum absolute atomic E-state index is 9.26. The molecule has 22 heavy (non-hydrogen) atoms. The molecule has 0 unspecified atom stereocenters. The summed E-state index contributed by atoms with van der Waals surface area (Å²) in [7, 11) is 0. The van der Waals surface area contributed by atoms with E-state index in [4.69, 9.17) is 13.1 Å². The molecule has 0 saturated heterocycles. The molecular formula is C18H12N2O2. The lowest BCUT2D eigenvalue weighted by Gasteiger charge is -2.00. The van der Waals surface area contributed by atoms with Gasteiger partial charge in [0, 0.05) is 0 Å². The van der Waals surface area contributed by atoms with Gasteiger partial charge in [0.25, 0.3) is 0 Å². The normalized spacial score (nSPS) is 11.5. The summed E-state index contributed by atoms with van der Waals surface area (Å²) in [5.74, 6) is 0.290. The van der Waals surface area contributed by atoms with Crippen molar-refractivity contribution in [3.8, 4) is 11.5 Å². The first-order chi connectivity index (χ1) is 10.6. The van der Waals surface area contributed by atoms with E-state index in [-0.39, 0.29) is 22.9 Å². The van der Waals surface area contributed by atoms with Crippen LogP contribution in [0, 0.1) is 13.1 Å². The Morgan fingerprint density at radius 3 is 1.27 bits per heavy atom. The van der Waals surface area contributed by atoms with E-state index in [2.05, 4.69) is 9.69 Å². The van der Waals surface area contributed by atoms with E-state index in [9.17, 15) is 10.2 Å². The molecule has 0 aromatic heterocycles. The molecule has 106 valence electrons. The van der Waals surface area contributed by atoms with Gasteiger partial charge < -0.3 is 10.2 Å². The third-order valence-corrected chi connectivity index (χ3v) is 2.90. The van der Waals surface area contributed by atoms with Crippen molar-refractivity contribution in [1.82, 2.24) is 0 Å². The van der Waals surface area contributed by atoms with Crippen LogP contribution < -0.4 is 0 Å². The maximum Gasteiger partial charge on any atom is 0.195 e. The second-order valence-corrected chi connectivity index (χ2v) is 4.47. The Hall–Kier alpha value is -3.50. The van der Waals surface area contributed by atoms with Gasteiger partial charge in [0.1, 0.15) is 11.5 Å². The minimum absolute atomic E-state index is 0.145. The van der Waals surface area contributed by atoms with E-state index in [0.29, 0.717) is 0 Å². The Morgan fingerprint density at radius 1 is 0.682 bits per heavy atom. The van der Waals surface area contributed by atoms with Crippen LogP contribution >= 0.6 is 0 Å². The topological polar surface area (TPSA) is 49.2 Å². The first-order valence-electron chi connectivity index (χ1n) is 6.39.